The predicted molar refractivity (Wildman–Crippen MR) is 126 cm³/mol. The molecule has 1 heterocycles. The Morgan fingerprint density at radius 1 is 0.935 bits per heavy atom. The van der Waals surface area contributed by atoms with Crippen LogP contribution in [0.4, 0.5) is 5.69 Å². The number of anilines is 1. The van der Waals surface area contributed by atoms with E-state index in [0.29, 0.717) is 26.6 Å². The largest absolute Gasteiger partial charge is 0.319 e. The van der Waals surface area contributed by atoms with Gasteiger partial charge in [-0.05, 0) is 73.5 Å². The standard InChI is InChI=1S/C23H17Cl3N4O/c1-13-4-3-5-20(14(13)2)30-22(15-6-8-16(24)9-7-15)28-21(29-30)23(31)27-17-10-11-18(25)19(26)12-17/h3-12H,1-2H3,(H,27,31). The second-order valence-electron chi connectivity index (χ2n) is 6.98. The normalized spacial score (nSPS) is 10.9. The number of amides is 1. The molecule has 5 nitrogen and oxygen atoms in total. The van der Waals surface area contributed by atoms with Gasteiger partial charge in [-0.15, -0.1) is 5.10 Å². The second kappa shape index (κ2) is 8.71. The van der Waals surface area contributed by atoms with Gasteiger partial charge in [0, 0.05) is 16.3 Å². The van der Waals surface area contributed by atoms with E-state index in [0.717, 1.165) is 22.4 Å². The van der Waals surface area contributed by atoms with Gasteiger partial charge in [0.1, 0.15) is 0 Å². The Bertz CT molecular complexity index is 1280. The highest BCUT2D eigenvalue weighted by molar-refractivity contribution is 6.42. The van der Waals surface area contributed by atoms with E-state index >= 15 is 0 Å². The van der Waals surface area contributed by atoms with Crippen molar-refractivity contribution in [3.8, 4) is 17.1 Å². The van der Waals surface area contributed by atoms with E-state index in [9.17, 15) is 4.79 Å². The zero-order chi connectivity index (χ0) is 22.1. The summed E-state index contributed by atoms with van der Waals surface area (Å²) in [5, 5.41) is 8.64. The fourth-order valence-corrected chi connectivity index (χ4v) is 3.51. The lowest BCUT2D eigenvalue weighted by Gasteiger charge is -2.11. The molecule has 8 heteroatoms. The molecule has 31 heavy (non-hydrogen) atoms. The lowest BCUT2D eigenvalue weighted by atomic mass is 10.1. The molecular weight excluding hydrogens is 455 g/mol. The van der Waals surface area contributed by atoms with E-state index in [1.54, 1.807) is 35.0 Å². The highest BCUT2D eigenvalue weighted by Gasteiger charge is 2.20. The van der Waals surface area contributed by atoms with Crippen molar-refractivity contribution < 1.29 is 4.79 Å². The number of carbonyl (C=O) groups excluding carboxylic acids is 1. The maximum Gasteiger partial charge on any atom is 0.295 e. The number of aromatic nitrogens is 3. The fourth-order valence-electron chi connectivity index (χ4n) is 3.09. The Kier molecular flexibility index (Phi) is 6.01. The third kappa shape index (κ3) is 4.44. The quantitative estimate of drug-likeness (QED) is 0.357. The van der Waals surface area contributed by atoms with Crippen molar-refractivity contribution >= 4 is 46.4 Å². The topological polar surface area (TPSA) is 59.8 Å². The lowest BCUT2D eigenvalue weighted by Crippen LogP contribution is -2.14. The van der Waals surface area contributed by atoms with Gasteiger partial charge in [0.2, 0.25) is 5.82 Å². The van der Waals surface area contributed by atoms with E-state index < -0.39 is 5.91 Å². The number of carbonyl (C=O) groups is 1. The first-order valence-corrected chi connectivity index (χ1v) is 10.5. The number of nitrogens with one attached hydrogen (secondary N) is 1. The molecule has 0 atom stereocenters. The van der Waals surface area contributed by atoms with Gasteiger partial charge in [0.05, 0.1) is 15.7 Å². The highest BCUT2D eigenvalue weighted by Crippen LogP contribution is 2.27. The van der Waals surface area contributed by atoms with Crippen molar-refractivity contribution in [2.45, 2.75) is 13.8 Å². The van der Waals surface area contributed by atoms with Crippen LogP contribution in [0, 0.1) is 13.8 Å². The first-order chi connectivity index (χ1) is 14.8. The van der Waals surface area contributed by atoms with E-state index in [4.69, 9.17) is 34.8 Å². The number of hydrogen-bond acceptors (Lipinski definition) is 3. The molecule has 0 unspecified atom stereocenters. The summed E-state index contributed by atoms with van der Waals surface area (Å²) in [7, 11) is 0. The van der Waals surface area contributed by atoms with Crippen LogP contribution in [0.2, 0.25) is 15.1 Å². The summed E-state index contributed by atoms with van der Waals surface area (Å²) in [6.07, 6.45) is 0. The molecule has 1 N–H and O–H groups in total. The molecule has 0 saturated carbocycles. The van der Waals surface area contributed by atoms with E-state index in [1.807, 2.05) is 44.2 Å². The third-order valence-electron chi connectivity index (χ3n) is 4.89. The summed E-state index contributed by atoms with van der Waals surface area (Å²) in [5.74, 6) is 0.0965. The van der Waals surface area contributed by atoms with Crippen LogP contribution in [0.15, 0.2) is 60.7 Å². The molecule has 156 valence electrons. The Morgan fingerprint density at radius 3 is 2.39 bits per heavy atom. The molecular formula is C23H17Cl3N4O. The molecule has 0 aliphatic carbocycles. The number of benzene rings is 3. The summed E-state index contributed by atoms with van der Waals surface area (Å²) in [4.78, 5) is 17.4. The Labute approximate surface area is 194 Å². The molecule has 4 rings (SSSR count). The minimum Gasteiger partial charge on any atom is -0.319 e. The van der Waals surface area contributed by atoms with Gasteiger partial charge in [0.15, 0.2) is 5.82 Å². The SMILES string of the molecule is Cc1cccc(-n2nc(C(=O)Nc3ccc(Cl)c(Cl)c3)nc2-c2ccc(Cl)cc2)c1C. The minimum absolute atomic E-state index is 0.0249. The third-order valence-corrected chi connectivity index (χ3v) is 5.89. The van der Waals surface area contributed by atoms with Crippen molar-refractivity contribution in [2.75, 3.05) is 5.32 Å². The molecule has 0 bridgehead atoms. The van der Waals surface area contributed by atoms with Crippen LogP contribution >= 0.6 is 34.8 Å². The molecule has 0 saturated heterocycles. The maximum absolute atomic E-state index is 12.9. The average Bonchev–Trinajstić information content (AvgIpc) is 3.18. The van der Waals surface area contributed by atoms with Crippen LogP contribution in [0.1, 0.15) is 21.7 Å². The van der Waals surface area contributed by atoms with Gasteiger partial charge in [0.25, 0.3) is 5.91 Å². The molecule has 0 aliphatic rings. The van der Waals surface area contributed by atoms with Gasteiger partial charge in [-0.1, -0.05) is 46.9 Å². The maximum atomic E-state index is 12.9. The monoisotopic (exact) mass is 470 g/mol. The summed E-state index contributed by atoms with van der Waals surface area (Å²) in [6, 6.07) is 18.0. The van der Waals surface area contributed by atoms with Gasteiger partial charge in [-0.2, -0.15) is 0 Å². The zero-order valence-electron chi connectivity index (χ0n) is 16.7. The van der Waals surface area contributed by atoms with Crippen molar-refractivity contribution in [3.63, 3.8) is 0 Å². The second-order valence-corrected chi connectivity index (χ2v) is 8.23. The van der Waals surface area contributed by atoms with Gasteiger partial charge >= 0.3 is 0 Å². The first kappa shape index (κ1) is 21.4. The molecule has 0 spiro atoms. The smallest absolute Gasteiger partial charge is 0.295 e. The molecule has 0 aliphatic heterocycles. The number of hydrogen-bond donors (Lipinski definition) is 1. The molecule has 0 radical (unpaired) electrons. The van der Waals surface area contributed by atoms with E-state index in [-0.39, 0.29) is 5.82 Å². The van der Waals surface area contributed by atoms with Crippen LogP contribution in [0.25, 0.3) is 17.1 Å². The number of halogens is 3. The molecule has 4 aromatic rings. The summed E-state index contributed by atoms with van der Waals surface area (Å²) in [6.45, 7) is 4.03. The van der Waals surface area contributed by atoms with Crippen molar-refractivity contribution in [1.82, 2.24) is 14.8 Å². The van der Waals surface area contributed by atoms with Crippen LogP contribution in [-0.2, 0) is 0 Å². The molecule has 0 fully saturated rings. The summed E-state index contributed by atoms with van der Waals surface area (Å²) >= 11 is 18.0. The van der Waals surface area contributed by atoms with Gasteiger partial charge < -0.3 is 5.32 Å². The van der Waals surface area contributed by atoms with Crippen molar-refractivity contribution in [3.05, 3.63) is 92.7 Å². The Hall–Kier alpha value is -2.86. The predicted octanol–water partition coefficient (Wildman–Crippen LogP) is 6.76. The van der Waals surface area contributed by atoms with Gasteiger partial charge in [-0.25, -0.2) is 9.67 Å². The number of nitrogens with zero attached hydrogens (tertiary/aromatic N) is 3. The highest BCUT2D eigenvalue weighted by atomic mass is 35.5. The van der Waals surface area contributed by atoms with E-state index in [2.05, 4.69) is 15.4 Å². The number of rotatable bonds is 4. The fraction of sp³-hybridized carbons (Fsp3) is 0.0870. The van der Waals surface area contributed by atoms with E-state index in [1.165, 1.54) is 0 Å². The molecule has 3 aromatic carbocycles. The summed E-state index contributed by atoms with van der Waals surface area (Å²) < 4.78 is 1.68. The first-order valence-electron chi connectivity index (χ1n) is 9.39. The Balaban J connectivity index is 1.79. The van der Waals surface area contributed by atoms with Gasteiger partial charge in [-0.3, -0.25) is 4.79 Å². The number of aryl methyl sites for hydroxylation is 1. The van der Waals surface area contributed by atoms with Crippen molar-refractivity contribution in [2.24, 2.45) is 0 Å². The molecule has 1 amide bonds. The summed E-state index contributed by atoms with van der Waals surface area (Å²) in [5.41, 5.74) is 4.27. The van der Waals surface area contributed by atoms with Crippen molar-refractivity contribution in [1.29, 1.82) is 0 Å². The van der Waals surface area contributed by atoms with Crippen LogP contribution < -0.4 is 5.32 Å². The lowest BCUT2D eigenvalue weighted by molar-refractivity contribution is 0.101. The zero-order valence-corrected chi connectivity index (χ0v) is 18.9. The van der Waals surface area contributed by atoms with Crippen LogP contribution in [0.5, 0.6) is 0 Å². The minimum atomic E-state index is -0.461. The Morgan fingerprint density at radius 2 is 1.68 bits per heavy atom. The van der Waals surface area contributed by atoms with Crippen LogP contribution in [-0.4, -0.2) is 20.7 Å². The molecule has 1 aromatic heterocycles. The average molecular weight is 472 g/mol. The van der Waals surface area contributed by atoms with Crippen LogP contribution in [0.3, 0.4) is 0 Å².